The Bertz CT molecular complexity index is 1370. The lowest BCUT2D eigenvalue weighted by Crippen LogP contribution is -2.38. The summed E-state index contributed by atoms with van der Waals surface area (Å²) >= 11 is 6.24. The maximum atomic E-state index is 13.5. The van der Waals surface area contributed by atoms with Gasteiger partial charge in [0.25, 0.3) is 5.91 Å². The fraction of sp³-hybridized carbons (Fsp3) is 0.393. The number of rotatable bonds is 10. The van der Waals surface area contributed by atoms with Crippen molar-refractivity contribution >= 4 is 46.3 Å². The van der Waals surface area contributed by atoms with Gasteiger partial charge in [-0.05, 0) is 54.0 Å². The molecule has 2 aliphatic heterocycles. The average Bonchev–Trinajstić information content (AvgIpc) is 3.20. The molecule has 0 radical (unpaired) electrons. The number of benzene rings is 2. The van der Waals surface area contributed by atoms with E-state index in [1.165, 1.54) is 29.2 Å². The number of nitrogens with zero attached hydrogens (tertiary/aromatic N) is 2. The highest BCUT2D eigenvalue weighted by molar-refractivity contribution is 8.26. The molecule has 0 bridgehead atoms. The number of ether oxygens (including phenoxy) is 2. The molecule has 0 atom stereocenters. The van der Waals surface area contributed by atoms with Crippen LogP contribution in [0.4, 0.5) is 26.3 Å². The second kappa shape index (κ2) is 13.7. The van der Waals surface area contributed by atoms with Crippen LogP contribution in [-0.2, 0) is 26.7 Å². The minimum absolute atomic E-state index is 0.0420. The number of alkyl halides is 6. The van der Waals surface area contributed by atoms with Gasteiger partial charge in [0.2, 0.25) is 0 Å². The van der Waals surface area contributed by atoms with Gasteiger partial charge in [0.1, 0.15) is 16.7 Å². The van der Waals surface area contributed by atoms with E-state index >= 15 is 0 Å². The van der Waals surface area contributed by atoms with Crippen molar-refractivity contribution in [2.75, 3.05) is 46.0 Å². The lowest BCUT2D eigenvalue weighted by atomic mass is 9.97. The Morgan fingerprint density at radius 2 is 1.65 bits per heavy atom. The summed E-state index contributed by atoms with van der Waals surface area (Å²) < 4.78 is 92.5. The summed E-state index contributed by atoms with van der Waals surface area (Å²) in [5, 5.41) is 8.89. The minimum Gasteiger partial charge on any atom is -0.492 e. The maximum absolute atomic E-state index is 13.5. The third kappa shape index (κ3) is 8.71. The molecule has 2 aliphatic rings. The molecule has 15 heteroatoms. The van der Waals surface area contributed by atoms with Crippen molar-refractivity contribution in [3.63, 3.8) is 0 Å². The van der Waals surface area contributed by atoms with Crippen LogP contribution < -0.4 is 4.74 Å². The summed E-state index contributed by atoms with van der Waals surface area (Å²) in [6.07, 6.45) is -8.62. The molecule has 0 aliphatic carbocycles. The van der Waals surface area contributed by atoms with E-state index in [4.69, 9.17) is 26.8 Å². The van der Waals surface area contributed by atoms with E-state index in [0.717, 1.165) is 11.8 Å². The zero-order valence-electron chi connectivity index (χ0n) is 22.5. The molecule has 0 spiro atoms. The summed E-state index contributed by atoms with van der Waals surface area (Å²) in [5.74, 6) is -1.26. The van der Waals surface area contributed by atoms with Gasteiger partial charge in [0.15, 0.2) is 0 Å². The molecule has 43 heavy (non-hydrogen) atoms. The van der Waals surface area contributed by atoms with E-state index in [9.17, 15) is 35.9 Å². The SMILES string of the molecule is O=C(O)CCCN1C(=O)/C(=C/c2cc(-c3cc(C(F)(F)F)cc(C(F)(F)F)c3)ccc2OCCN2CCOCC2)SC1=S. The molecule has 1 N–H and O–H groups in total. The first-order valence-electron chi connectivity index (χ1n) is 13.1. The van der Waals surface area contributed by atoms with Crippen LogP contribution in [0, 0.1) is 0 Å². The molecule has 4 rings (SSSR count). The fourth-order valence-electron chi connectivity index (χ4n) is 4.43. The van der Waals surface area contributed by atoms with Crippen LogP contribution in [-0.4, -0.2) is 77.1 Å². The number of amides is 1. The molecular weight excluding hydrogens is 622 g/mol. The number of carboxylic acids is 1. The number of morpholine rings is 1. The van der Waals surface area contributed by atoms with Gasteiger partial charge in [-0.1, -0.05) is 30.0 Å². The number of aliphatic carboxylic acids is 1. The number of thiocarbonyl (C=S) groups is 1. The first-order chi connectivity index (χ1) is 20.2. The van der Waals surface area contributed by atoms with Gasteiger partial charge in [0.05, 0.1) is 29.2 Å². The molecule has 0 unspecified atom stereocenters. The highest BCUT2D eigenvalue weighted by Crippen LogP contribution is 2.40. The maximum Gasteiger partial charge on any atom is 0.416 e. The Hall–Kier alpha value is -3.14. The van der Waals surface area contributed by atoms with Crippen LogP contribution in [0.25, 0.3) is 17.2 Å². The summed E-state index contributed by atoms with van der Waals surface area (Å²) in [7, 11) is 0. The Balaban J connectivity index is 1.69. The van der Waals surface area contributed by atoms with Crippen LogP contribution in [0.2, 0.25) is 0 Å². The van der Waals surface area contributed by atoms with E-state index < -0.39 is 35.4 Å². The van der Waals surface area contributed by atoms with Crippen molar-refractivity contribution in [2.24, 2.45) is 0 Å². The molecule has 2 aromatic rings. The zero-order valence-corrected chi connectivity index (χ0v) is 24.1. The van der Waals surface area contributed by atoms with Gasteiger partial charge in [-0.3, -0.25) is 19.4 Å². The third-order valence-corrected chi connectivity index (χ3v) is 8.01. The van der Waals surface area contributed by atoms with Gasteiger partial charge in [0, 0.05) is 38.2 Å². The van der Waals surface area contributed by atoms with Crippen molar-refractivity contribution < 1.29 is 50.5 Å². The van der Waals surface area contributed by atoms with E-state index in [-0.39, 0.29) is 63.7 Å². The molecule has 7 nitrogen and oxygen atoms in total. The first-order valence-corrected chi connectivity index (χ1v) is 14.3. The van der Waals surface area contributed by atoms with Crippen molar-refractivity contribution in [3.05, 3.63) is 58.0 Å². The van der Waals surface area contributed by atoms with Gasteiger partial charge >= 0.3 is 18.3 Å². The molecule has 232 valence electrons. The van der Waals surface area contributed by atoms with Crippen LogP contribution in [0.3, 0.4) is 0 Å². The van der Waals surface area contributed by atoms with Crippen LogP contribution in [0.15, 0.2) is 41.3 Å². The molecule has 2 heterocycles. The van der Waals surface area contributed by atoms with Crippen molar-refractivity contribution in [1.82, 2.24) is 9.80 Å². The predicted octanol–water partition coefficient (Wildman–Crippen LogP) is 6.17. The number of thioether (sulfide) groups is 1. The Morgan fingerprint density at radius 3 is 2.26 bits per heavy atom. The monoisotopic (exact) mass is 648 g/mol. The fourth-order valence-corrected chi connectivity index (χ4v) is 5.73. The van der Waals surface area contributed by atoms with Crippen LogP contribution in [0.1, 0.15) is 29.5 Å². The summed E-state index contributed by atoms with van der Waals surface area (Å²) in [6.45, 7) is 3.39. The van der Waals surface area contributed by atoms with E-state index in [1.807, 2.05) is 0 Å². The highest BCUT2D eigenvalue weighted by Gasteiger charge is 2.37. The third-order valence-electron chi connectivity index (χ3n) is 6.63. The average molecular weight is 649 g/mol. The number of hydrogen-bond donors (Lipinski definition) is 1. The topological polar surface area (TPSA) is 79.3 Å². The lowest BCUT2D eigenvalue weighted by Gasteiger charge is -2.26. The Morgan fingerprint density at radius 1 is 1.00 bits per heavy atom. The van der Waals surface area contributed by atoms with E-state index in [2.05, 4.69) is 4.90 Å². The Kier molecular flexibility index (Phi) is 10.4. The van der Waals surface area contributed by atoms with Crippen LogP contribution >= 0.6 is 24.0 Å². The minimum atomic E-state index is -5.02. The molecule has 1 amide bonds. The molecule has 2 aromatic carbocycles. The van der Waals surface area contributed by atoms with Crippen LogP contribution in [0.5, 0.6) is 5.75 Å². The summed E-state index contributed by atoms with van der Waals surface area (Å²) in [4.78, 5) is 27.5. The predicted molar refractivity (Wildman–Crippen MR) is 151 cm³/mol. The molecule has 0 saturated carbocycles. The van der Waals surface area contributed by atoms with Gasteiger partial charge < -0.3 is 14.6 Å². The molecular formula is C28H26F6N2O5S2. The molecule has 2 fully saturated rings. The number of carbonyl (C=O) groups is 2. The second-order valence-electron chi connectivity index (χ2n) is 9.68. The van der Waals surface area contributed by atoms with Crippen molar-refractivity contribution in [2.45, 2.75) is 25.2 Å². The smallest absolute Gasteiger partial charge is 0.416 e. The normalized spacial score (nSPS) is 17.6. The highest BCUT2D eigenvalue weighted by atomic mass is 32.2. The molecule has 0 aromatic heterocycles. The molecule has 2 saturated heterocycles. The second-order valence-corrected chi connectivity index (χ2v) is 11.4. The number of carbonyl (C=O) groups excluding carboxylic acids is 1. The number of hydrogen-bond acceptors (Lipinski definition) is 7. The van der Waals surface area contributed by atoms with Crippen molar-refractivity contribution in [3.8, 4) is 16.9 Å². The van der Waals surface area contributed by atoms with E-state index in [1.54, 1.807) is 0 Å². The lowest BCUT2D eigenvalue weighted by molar-refractivity contribution is -0.143. The van der Waals surface area contributed by atoms with E-state index in [0.29, 0.717) is 45.0 Å². The largest absolute Gasteiger partial charge is 0.492 e. The summed E-state index contributed by atoms with van der Waals surface area (Å²) in [6, 6.07) is 5.47. The van der Waals surface area contributed by atoms with Gasteiger partial charge in [-0.15, -0.1) is 0 Å². The number of carboxylic acid groups (broad SMARTS) is 1. The van der Waals surface area contributed by atoms with Crippen molar-refractivity contribution in [1.29, 1.82) is 0 Å². The van der Waals surface area contributed by atoms with Gasteiger partial charge in [-0.2, -0.15) is 26.3 Å². The zero-order chi connectivity index (χ0) is 31.4. The Labute approximate surface area is 252 Å². The standard InChI is InChI=1S/C28H26F6N2O5S2/c29-27(30,31)20-13-18(14-21(16-20)28(32,33)34)17-3-4-22(41-11-8-35-6-9-40-10-7-35)19(12-17)15-23-25(39)36(26(42)43-23)5-1-2-24(37)38/h3-4,12-16H,1-2,5-11H2,(H,37,38)/b23-15-. The quantitative estimate of drug-likeness (QED) is 0.186. The number of halogens is 6. The first kappa shape index (κ1) is 32.8. The summed E-state index contributed by atoms with van der Waals surface area (Å²) in [5.41, 5.74) is -2.94. The van der Waals surface area contributed by atoms with Gasteiger partial charge in [-0.25, -0.2) is 0 Å².